The molecule has 1 saturated heterocycles. The summed E-state index contributed by atoms with van der Waals surface area (Å²) in [5.41, 5.74) is 0.728. The Kier molecular flexibility index (Phi) is 6.50. The summed E-state index contributed by atoms with van der Waals surface area (Å²) in [6, 6.07) is 16.5. The number of rotatable bonds is 6. The molecule has 1 atom stereocenters. The summed E-state index contributed by atoms with van der Waals surface area (Å²) in [6.07, 6.45) is -0.555. The van der Waals surface area contributed by atoms with Gasteiger partial charge in [0.1, 0.15) is 25.0 Å². The zero-order chi connectivity index (χ0) is 18.4. The number of aliphatic hydroxyl groups excluding tert-OH is 1. The minimum Gasteiger partial charge on any atom is -0.491 e. The van der Waals surface area contributed by atoms with Crippen molar-refractivity contribution in [2.24, 2.45) is 0 Å². The van der Waals surface area contributed by atoms with Crippen LogP contribution in [0.15, 0.2) is 54.6 Å². The Morgan fingerprint density at radius 2 is 1.88 bits per heavy atom. The average molecular weight is 376 g/mol. The van der Waals surface area contributed by atoms with Gasteiger partial charge in [0, 0.05) is 10.6 Å². The number of quaternary nitrogens is 1. The largest absolute Gasteiger partial charge is 0.491 e. The van der Waals surface area contributed by atoms with E-state index in [0.717, 1.165) is 18.7 Å². The van der Waals surface area contributed by atoms with E-state index in [1.807, 2.05) is 47.4 Å². The second kappa shape index (κ2) is 9.03. The predicted molar refractivity (Wildman–Crippen MR) is 101 cm³/mol. The molecule has 138 valence electrons. The van der Waals surface area contributed by atoms with Crippen molar-refractivity contribution in [1.82, 2.24) is 4.90 Å². The van der Waals surface area contributed by atoms with Gasteiger partial charge in [-0.15, -0.1) is 0 Å². The third-order valence-electron chi connectivity index (χ3n) is 4.54. The maximum Gasteiger partial charge on any atom is 0.254 e. The molecule has 0 radical (unpaired) electrons. The molecule has 2 aromatic carbocycles. The van der Waals surface area contributed by atoms with Gasteiger partial charge in [-0.25, -0.2) is 0 Å². The first kappa shape index (κ1) is 18.7. The van der Waals surface area contributed by atoms with Crippen molar-refractivity contribution in [2.45, 2.75) is 6.10 Å². The van der Waals surface area contributed by atoms with E-state index in [4.69, 9.17) is 16.3 Å². The standard InChI is InChI=1S/C20H23ClN2O3/c21-17-7-4-8-19(13-17)26-15-18(24)14-22-9-11-23(12-10-22)20(25)16-5-2-1-3-6-16/h1-8,13,18,24H,9-12,14-15H2/p+1/t18-/m0/s1. The minimum absolute atomic E-state index is 0.0782. The number of carbonyl (C=O) groups excluding carboxylic acids is 1. The third kappa shape index (κ3) is 5.21. The molecule has 1 heterocycles. The number of nitrogens with zero attached hydrogens (tertiary/aromatic N) is 1. The highest BCUT2D eigenvalue weighted by atomic mass is 35.5. The normalized spacial score (nSPS) is 16.3. The van der Waals surface area contributed by atoms with E-state index >= 15 is 0 Å². The Labute approximate surface area is 158 Å². The fourth-order valence-electron chi connectivity index (χ4n) is 3.13. The molecule has 6 heteroatoms. The molecule has 1 aliphatic heterocycles. The number of benzene rings is 2. The molecular formula is C20H24ClN2O3+. The SMILES string of the molecule is O=C(c1ccccc1)N1CC[NH+](C[C@H](O)COc2cccc(Cl)c2)CC1. The highest BCUT2D eigenvalue weighted by Gasteiger charge is 2.26. The fraction of sp³-hybridized carbons (Fsp3) is 0.350. The zero-order valence-corrected chi connectivity index (χ0v) is 15.4. The molecule has 0 unspecified atom stereocenters. The highest BCUT2D eigenvalue weighted by Crippen LogP contribution is 2.17. The van der Waals surface area contributed by atoms with Crippen molar-refractivity contribution in [3.63, 3.8) is 0 Å². The molecule has 0 spiro atoms. The van der Waals surface area contributed by atoms with Crippen molar-refractivity contribution in [1.29, 1.82) is 0 Å². The van der Waals surface area contributed by atoms with Crippen LogP contribution in [0.3, 0.4) is 0 Å². The molecular weight excluding hydrogens is 352 g/mol. The molecule has 0 aromatic heterocycles. The number of ether oxygens (including phenoxy) is 1. The van der Waals surface area contributed by atoms with Crippen molar-refractivity contribution in [3.8, 4) is 5.75 Å². The number of halogens is 1. The van der Waals surface area contributed by atoms with Crippen molar-refractivity contribution in [3.05, 3.63) is 65.2 Å². The zero-order valence-electron chi connectivity index (χ0n) is 14.6. The van der Waals surface area contributed by atoms with Crippen LogP contribution in [0.25, 0.3) is 0 Å². The summed E-state index contributed by atoms with van der Waals surface area (Å²) in [5, 5.41) is 10.8. The number of hydrogen-bond acceptors (Lipinski definition) is 3. The molecule has 2 N–H and O–H groups in total. The smallest absolute Gasteiger partial charge is 0.254 e. The van der Waals surface area contributed by atoms with Gasteiger partial charge >= 0.3 is 0 Å². The molecule has 1 fully saturated rings. The van der Waals surface area contributed by atoms with E-state index in [1.54, 1.807) is 12.1 Å². The summed E-state index contributed by atoms with van der Waals surface area (Å²) < 4.78 is 5.60. The van der Waals surface area contributed by atoms with E-state index in [9.17, 15) is 9.90 Å². The molecule has 0 aliphatic carbocycles. The third-order valence-corrected chi connectivity index (χ3v) is 4.78. The summed E-state index contributed by atoms with van der Waals surface area (Å²) in [6.45, 7) is 3.89. The summed E-state index contributed by atoms with van der Waals surface area (Å²) in [4.78, 5) is 15.6. The first-order valence-electron chi connectivity index (χ1n) is 8.86. The maximum absolute atomic E-state index is 12.5. The van der Waals surface area contributed by atoms with E-state index in [0.29, 0.717) is 30.4 Å². The Morgan fingerprint density at radius 1 is 1.15 bits per heavy atom. The first-order valence-corrected chi connectivity index (χ1v) is 9.24. The number of amides is 1. The Bertz CT molecular complexity index is 718. The molecule has 1 aliphatic rings. The van der Waals surface area contributed by atoms with Gasteiger partial charge in [-0.2, -0.15) is 0 Å². The molecule has 1 amide bonds. The lowest BCUT2D eigenvalue weighted by Crippen LogP contribution is -3.16. The molecule has 2 aromatic rings. The lowest BCUT2D eigenvalue weighted by molar-refractivity contribution is -0.907. The monoisotopic (exact) mass is 375 g/mol. The van der Waals surface area contributed by atoms with Crippen molar-refractivity contribution in [2.75, 3.05) is 39.3 Å². The van der Waals surface area contributed by atoms with E-state index < -0.39 is 6.10 Å². The van der Waals surface area contributed by atoms with Crippen LogP contribution in [-0.2, 0) is 0 Å². The number of piperazine rings is 1. The summed E-state index contributed by atoms with van der Waals surface area (Å²) in [5.74, 6) is 0.735. The minimum atomic E-state index is -0.555. The topological polar surface area (TPSA) is 54.2 Å². The van der Waals surface area contributed by atoms with Gasteiger partial charge in [-0.1, -0.05) is 35.9 Å². The Morgan fingerprint density at radius 3 is 2.58 bits per heavy atom. The van der Waals surface area contributed by atoms with Gasteiger partial charge < -0.3 is 19.6 Å². The lowest BCUT2D eigenvalue weighted by Gasteiger charge is -2.33. The number of aliphatic hydroxyl groups is 1. The van der Waals surface area contributed by atoms with Crippen molar-refractivity contribution >= 4 is 17.5 Å². The predicted octanol–water partition coefficient (Wildman–Crippen LogP) is 1.12. The quantitative estimate of drug-likeness (QED) is 0.795. The van der Waals surface area contributed by atoms with Crippen LogP contribution in [0, 0.1) is 0 Å². The highest BCUT2D eigenvalue weighted by molar-refractivity contribution is 6.30. The van der Waals surface area contributed by atoms with Crippen LogP contribution in [0.1, 0.15) is 10.4 Å². The Balaban J connectivity index is 1.41. The van der Waals surface area contributed by atoms with Gasteiger partial charge in [-0.05, 0) is 30.3 Å². The lowest BCUT2D eigenvalue weighted by atomic mass is 10.2. The van der Waals surface area contributed by atoms with E-state index in [2.05, 4.69) is 0 Å². The van der Waals surface area contributed by atoms with Crippen LogP contribution in [0.2, 0.25) is 5.02 Å². The molecule has 5 nitrogen and oxygen atoms in total. The van der Waals surface area contributed by atoms with Crippen LogP contribution in [0.4, 0.5) is 0 Å². The van der Waals surface area contributed by atoms with Gasteiger partial charge in [0.2, 0.25) is 0 Å². The summed E-state index contributed by atoms with van der Waals surface area (Å²) >= 11 is 5.92. The first-order chi connectivity index (χ1) is 12.6. The number of carbonyl (C=O) groups is 1. The van der Waals surface area contributed by atoms with Gasteiger partial charge in [0.15, 0.2) is 0 Å². The van der Waals surface area contributed by atoms with Gasteiger partial charge in [0.05, 0.1) is 26.2 Å². The maximum atomic E-state index is 12.5. The van der Waals surface area contributed by atoms with Crippen LogP contribution in [-0.4, -0.2) is 61.3 Å². The number of nitrogens with one attached hydrogen (secondary N) is 1. The second-order valence-electron chi connectivity index (χ2n) is 6.53. The average Bonchev–Trinajstić information content (AvgIpc) is 2.67. The number of hydrogen-bond donors (Lipinski definition) is 2. The molecule has 0 saturated carbocycles. The molecule has 26 heavy (non-hydrogen) atoms. The van der Waals surface area contributed by atoms with Crippen molar-refractivity contribution < 1.29 is 19.5 Å². The van der Waals surface area contributed by atoms with E-state index in [1.165, 1.54) is 4.90 Å². The fourth-order valence-corrected chi connectivity index (χ4v) is 3.32. The van der Waals surface area contributed by atoms with E-state index in [-0.39, 0.29) is 12.5 Å². The van der Waals surface area contributed by atoms with Crippen LogP contribution >= 0.6 is 11.6 Å². The molecule has 3 rings (SSSR count). The Hall–Kier alpha value is -2.08. The van der Waals surface area contributed by atoms with Crippen LogP contribution in [0.5, 0.6) is 5.75 Å². The second-order valence-corrected chi connectivity index (χ2v) is 6.97. The molecule has 0 bridgehead atoms. The van der Waals surface area contributed by atoms with Gasteiger partial charge in [-0.3, -0.25) is 4.79 Å². The summed E-state index contributed by atoms with van der Waals surface area (Å²) in [7, 11) is 0. The van der Waals surface area contributed by atoms with Gasteiger partial charge in [0.25, 0.3) is 5.91 Å². The van der Waals surface area contributed by atoms with Crippen LogP contribution < -0.4 is 9.64 Å².